The van der Waals surface area contributed by atoms with Gasteiger partial charge in [0.2, 0.25) is 0 Å². The second kappa shape index (κ2) is 5.20. The molecule has 2 rings (SSSR count). The van der Waals surface area contributed by atoms with Gasteiger partial charge in [-0.2, -0.15) is 0 Å². The molecule has 80 valence electrons. The zero-order chi connectivity index (χ0) is 11.2. The topological polar surface area (TPSA) is 22.4 Å². The van der Waals surface area contributed by atoms with E-state index in [1.165, 1.54) is 0 Å². The molecular formula is C14H12O2. The molecule has 0 aliphatic rings. The van der Waals surface area contributed by atoms with E-state index in [4.69, 9.17) is 15.6 Å². The first kappa shape index (κ1) is 10.5. The highest BCUT2D eigenvalue weighted by molar-refractivity contribution is 5.23. The number of hydrogen-bond donors (Lipinski definition) is 0. The molecular weight excluding hydrogens is 200 g/mol. The summed E-state index contributed by atoms with van der Waals surface area (Å²) in [5.41, 5.74) is 0.983. The molecule has 1 heterocycles. The van der Waals surface area contributed by atoms with Gasteiger partial charge in [0.25, 0.3) is 0 Å². The summed E-state index contributed by atoms with van der Waals surface area (Å²) in [6, 6.07) is 13.4. The molecule has 0 fully saturated rings. The third-order valence-corrected chi connectivity index (χ3v) is 2.23. The Balaban J connectivity index is 2.00. The lowest BCUT2D eigenvalue weighted by Crippen LogP contribution is -2.01. The lowest BCUT2D eigenvalue weighted by molar-refractivity contribution is 0.0661. The Morgan fingerprint density at radius 3 is 2.62 bits per heavy atom. The van der Waals surface area contributed by atoms with Gasteiger partial charge in [-0.1, -0.05) is 36.3 Å². The second-order valence-electron chi connectivity index (χ2n) is 3.35. The molecule has 0 saturated carbocycles. The zero-order valence-electron chi connectivity index (χ0n) is 8.80. The quantitative estimate of drug-likeness (QED) is 0.726. The van der Waals surface area contributed by atoms with Gasteiger partial charge >= 0.3 is 0 Å². The first-order valence-electron chi connectivity index (χ1n) is 5.05. The molecule has 0 amide bonds. The van der Waals surface area contributed by atoms with Crippen LogP contribution in [0.25, 0.3) is 0 Å². The highest BCUT2D eigenvalue weighted by Gasteiger charge is 2.08. The van der Waals surface area contributed by atoms with Crippen molar-refractivity contribution in [1.82, 2.24) is 0 Å². The van der Waals surface area contributed by atoms with Gasteiger partial charge in [0.05, 0.1) is 6.26 Å². The predicted octanol–water partition coefficient (Wildman–Crippen LogP) is 3.17. The lowest BCUT2D eigenvalue weighted by Gasteiger charge is -2.11. The minimum atomic E-state index is -0.328. The van der Waals surface area contributed by atoms with E-state index < -0.39 is 0 Å². The van der Waals surface area contributed by atoms with Crippen molar-refractivity contribution in [3.05, 3.63) is 60.1 Å². The molecule has 0 spiro atoms. The van der Waals surface area contributed by atoms with E-state index in [1.54, 1.807) is 6.26 Å². The number of rotatable bonds is 4. The van der Waals surface area contributed by atoms with Crippen molar-refractivity contribution >= 4 is 0 Å². The Hall–Kier alpha value is -1.98. The highest BCUT2D eigenvalue weighted by atomic mass is 16.5. The normalized spacial score (nSPS) is 11.9. The Morgan fingerprint density at radius 2 is 2.00 bits per heavy atom. The summed E-state index contributed by atoms with van der Waals surface area (Å²) in [5.74, 6) is 3.39. The van der Waals surface area contributed by atoms with Crippen LogP contribution in [-0.2, 0) is 11.3 Å². The maximum absolute atomic E-state index is 5.59. The van der Waals surface area contributed by atoms with E-state index in [1.807, 2.05) is 42.5 Å². The second-order valence-corrected chi connectivity index (χ2v) is 3.35. The summed E-state index contributed by atoms with van der Waals surface area (Å²) >= 11 is 0. The Bertz CT molecular complexity index is 451. The fourth-order valence-corrected chi connectivity index (χ4v) is 1.43. The van der Waals surface area contributed by atoms with Crippen LogP contribution in [0, 0.1) is 12.3 Å². The molecule has 2 aromatic rings. The van der Waals surface area contributed by atoms with Crippen molar-refractivity contribution in [1.29, 1.82) is 0 Å². The van der Waals surface area contributed by atoms with Gasteiger partial charge < -0.3 is 9.15 Å². The summed E-state index contributed by atoms with van der Waals surface area (Å²) in [6.07, 6.45) is 6.73. The van der Waals surface area contributed by atoms with E-state index in [2.05, 4.69) is 5.92 Å². The van der Waals surface area contributed by atoms with E-state index in [0.717, 1.165) is 11.3 Å². The van der Waals surface area contributed by atoms with Gasteiger partial charge in [-0.25, -0.2) is 0 Å². The molecule has 0 N–H and O–H groups in total. The van der Waals surface area contributed by atoms with Crippen LogP contribution in [0.1, 0.15) is 17.4 Å². The molecule has 0 aliphatic heterocycles. The van der Waals surface area contributed by atoms with Crippen LogP contribution in [0.15, 0.2) is 53.1 Å². The summed E-state index contributed by atoms with van der Waals surface area (Å²) in [5, 5.41) is 0. The zero-order valence-corrected chi connectivity index (χ0v) is 8.80. The first-order valence-corrected chi connectivity index (χ1v) is 5.05. The van der Waals surface area contributed by atoms with E-state index in [9.17, 15) is 0 Å². The van der Waals surface area contributed by atoms with Crippen LogP contribution >= 0.6 is 0 Å². The van der Waals surface area contributed by atoms with Gasteiger partial charge in [0.1, 0.15) is 18.5 Å². The van der Waals surface area contributed by atoms with E-state index in [0.29, 0.717) is 6.61 Å². The lowest BCUT2D eigenvalue weighted by atomic mass is 10.1. The van der Waals surface area contributed by atoms with E-state index >= 15 is 0 Å². The van der Waals surface area contributed by atoms with Crippen molar-refractivity contribution < 1.29 is 9.15 Å². The van der Waals surface area contributed by atoms with Crippen molar-refractivity contribution in [2.75, 3.05) is 0 Å². The minimum absolute atomic E-state index is 0.328. The molecule has 1 atom stereocenters. The van der Waals surface area contributed by atoms with Crippen LogP contribution in [0.4, 0.5) is 0 Å². The largest absolute Gasteiger partial charge is 0.467 e. The van der Waals surface area contributed by atoms with Crippen LogP contribution in [0.2, 0.25) is 0 Å². The minimum Gasteiger partial charge on any atom is -0.467 e. The average Bonchev–Trinajstić information content (AvgIpc) is 2.84. The fourth-order valence-electron chi connectivity index (χ4n) is 1.43. The molecule has 0 radical (unpaired) electrons. The molecule has 1 aromatic carbocycles. The number of furan rings is 1. The van der Waals surface area contributed by atoms with Gasteiger partial charge in [0, 0.05) is 0 Å². The fraction of sp³-hybridized carbons (Fsp3) is 0.143. The van der Waals surface area contributed by atoms with E-state index in [-0.39, 0.29) is 6.10 Å². The number of benzene rings is 1. The van der Waals surface area contributed by atoms with Gasteiger partial charge in [0.15, 0.2) is 0 Å². The smallest absolute Gasteiger partial charge is 0.143 e. The molecule has 16 heavy (non-hydrogen) atoms. The summed E-state index contributed by atoms with van der Waals surface area (Å²) in [7, 11) is 0. The summed E-state index contributed by atoms with van der Waals surface area (Å²) in [4.78, 5) is 0. The van der Waals surface area contributed by atoms with Crippen LogP contribution in [0.5, 0.6) is 0 Å². The van der Waals surface area contributed by atoms with Gasteiger partial charge in [-0.05, 0) is 17.7 Å². The Labute approximate surface area is 94.9 Å². The van der Waals surface area contributed by atoms with Crippen molar-refractivity contribution in [3.8, 4) is 12.3 Å². The summed E-state index contributed by atoms with van der Waals surface area (Å²) in [6.45, 7) is 0.386. The maximum Gasteiger partial charge on any atom is 0.143 e. The standard InChI is InChI=1S/C14H12O2/c1-2-14(12-7-4-3-5-8-12)16-11-13-9-6-10-15-13/h1,3-10,14H,11H2. The maximum atomic E-state index is 5.59. The van der Waals surface area contributed by atoms with Crippen molar-refractivity contribution in [2.45, 2.75) is 12.7 Å². The predicted molar refractivity (Wildman–Crippen MR) is 61.5 cm³/mol. The highest BCUT2D eigenvalue weighted by Crippen LogP contribution is 2.17. The number of terminal acetylenes is 1. The number of hydrogen-bond acceptors (Lipinski definition) is 2. The first-order chi connectivity index (χ1) is 7.90. The molecule has 2 heteroatoms. The van der Waals surface area contributed by atoms with Gasteiger partial charge in [-0.3, -0.25) is 0 Å². The Kier molecular flexibility index (Phi) is 3.42. The van der Waals surface area contributed by atoms with Crippen LogP contribution < -0.4 is 0 Å². The molecule has 0 bridgehead atoms. The molecule has 1 unspecified atom stereocenters. The molecule has 0 aliphatic carbocycles. The van der Waals surface area contributed by atoms with Crippen molar-refractivity contribution in [2.24, 2.45) is 0 Å². The van der Waals surface area contributed by atoms with Gasteiger partial charge in [-0.15, -0.1) is 6.42 Å². The monoisotopic (exact) mass is 212 g/mol. The molecule has 2 nitrogen and oxygen atoms in total. The molecule has 1 aromatic heterocycles. The van der Waals surface area contributed by atoms with Crippen molar-refractivity contribution in [3.63, 3.8) is 0 Å². The summed E-state index contributed by atoms with van der Waals surface area (Å²) < 4.78 is 10.8. The molecule has 0 saturated heterocycles. The Morgan fingerprint density at radius 1 is 1.19 bits per heavy atom. The average molecular weight is 212 g/mol. The third-order valence-electron chi connectivity index (χ3n) is 2.23. The third kappa shape index (κ3) is 2.53. The SMILES string of the molecule is C#CC(OCc1ccco1)c1ccccc1. The van der Waals surface area contributed by atoms with Crippen LogP contribution in [0.3, 0.4) is 0 Å². The van der Waals surface area contributed by atoms with Crippen LogP contribution in [-0.4, -0.2) is 0 Å². The number of ether oxygens (including phenoxy) is 1.